The zero-order chi connectivity index (χ0) is 26.1. The van der Waals surface area contributed by atoms with Gasteiger partial charge >= 0.3 is 0 Å². The number of nitrogens with zero attached hydrogens (tertiary/aromatic N) is 2. The third-order valence-electron chi connectivity index (χ3n) is 12.2. The second kappa shape index (κ2) is 9.26. The minimum Gasteiger partial charge on any atom is -0.393 e. The van der Waals surface area contributed by atoms with E-state index in [2.05, 4.69) is 25.8 Å². The van der Waals surface area contributed by atoms with E-state index < -0.39 is 0 Å². The predicted molar refractivity (Wildman–Crippen MR) is 144 cm³/mol. The van der Waals surface area contributed by atoms with Crippen molar-refractivity contribution in [1.82, 2.24) is 9.97 Å². The van der Waals surface area contributed by atoms with Gasteiger partial charge in [0.1, 0.15) is 11.6 Å². The van der Waals surface area contributed by atoms with Gasteiger partial charge in [-0.05, 0) is 129 Å². The molecule has 0 spiro atoms. The van der Waals surface area contributed by atoms with Gasteiger partial charge in [-0.25, -0.2) is 14.4 Å². The molecule has 0 amide bonds. The van der Waals surface area contributed by atoms with Gasteiger partial charge in [-0.1, -0.05) is 20.8 Å². The summed E-state index contributed by atoms with van der Waals surface area (Å²) in [7, 11) is 0. The van der Waals surface area contributed by atoms with Crippen molar-refractivity contribution in [3.63, 3.8) is 0 Å². The Morgan fingerprint density at radius 3 is 2.68 bits per heavy atom. The summed E-state index contributed by atoms with van der Waals surface area (Å²) in [6.45, 7) is 9.05. The molecular weight excluding hydrogens is 463 g/mol. The van der Waals surface area contributed by atoms with Crippen LogP contribution in [0.25, 0.3) is 10.9 Å². The molecule has 0 radical (unpaired) electrons. The molecule has 6 rings (SSSR count). The molecule has 1 aromatic heterocycles. The fourth-order valence-electron chi connectivity index (χ4n) is 10.0. The van der Waals surface area contributed by atoms with Crippen LogP contribution in [0.2, 0.25) is 0 Å². The third-order valence-corrected chi connectivity index (χ3v) is 12.2. The summed E-state index contributed by atoms with van der Waals surface area (Å²) in [6, 6.07) is 3.34. The van der Waals surface area contributed by atoms with Gasteiger partial charge in [0.05, 0.1) is 17.7 Å². The fourth-order valence-corrected chi connectivity index (χ4v) is 10.0. The summed E-state index contributed by atoms with van der Waals surface area (Å²) in [4.78, 5) is 9.30. The first-order valence-electron chi connectivity index (χ1n) is 14.9. The number of rotatable bonds is 4. The van der Waals surface area contributed by atoms with Crippen LogP contribution < -0.4 is 0 Å². The maximum Gasteiger partial charge on any atom is 0.128 e. The summed E-state index contributed by atoms with van der Waals surface area (Å²) in [5.41, 5.74) is 1.70. The smallest absolute Gasteiger partial charge is 0.128 e. The van der Waals surface area contributed by atoms with Gasteiger partial charge in [0.2, 0.25) is 0 Å². The molecule has 2 aromatic rings. The van der Waals surface area contributed by atoms with Crippen LogP contribution in [0.15, 0.2) is 18.3 Å². The molecule has 4 aliphatic carbocycles. The Morgan fingerprint density at radius 1 is 1.05 bits per heavy atom. The molecule has 202 valence electrons. The predicted octanol–water partition coefficient (Wildman–Crippen LogP) is 6.64. The molecule has 4 aliphatic rings. The minimum atomic E-state index is -0.245. The highest BCUT2D eigenvalue weighted by molar-refractivity contribution is 5.78. The molecule has 0 saturated heterocycles. The van der Waals surface area contributed by atoms with Crippen molar-refractivity contribution >= 4 is 10.9 Å². The lowest BCUT2D eigenvalue weighted by Gasteiger charge is -2.62. The van der Waals surface area contributed by atoms with Crippen LogP contribution in [0, 0.1) is 59.1 Å². The molecule has 10 atom stereocenters. The summed E-state index contributed by atoms with van der Waals surface area (Å²) >= 11 is 0. The van der Waals surface area contributed by atoms with Crippen molar-refractivity contribution in [1.29, 1.82) is 0 Å². The lowest BCUT2D eigenvalue weighted by atomic mass is 9.43. The minimum absolute atomic E-state index is 0.0170. The van der Waals surface area contributed by atoms with Crippen LogP contribution in [0.5, 0.6) is 0 Å². The monoisotopic (exact) mass is 508 g/mol. The van der Waals surface area contributed by atoms with E-state index in [4.69, 9.17) is 4.98 Å². The fraction of sp³-hybridized carbons (Fsp3) is 0.750. The topological polar surface area (TPSA) is 66.2 Å². The van der Waals surface area contributed by atoms with E-state index in [1.165, 1.54) is 31.7 Å². The van der Waals surface area contributed by atoms with Gasteiger partial charge in [-0.15, -0.1) is 0 Å². The molecular formula is C32H45FN2O2. The van der Waals surface area contributed by atoms with Crippen molar-refractivity contribution in [2.24, 2.45) is 46.3 Å². The van der Waals surface area contributed by atoms with Crippen LogP contribution in [0.1, 0.15) is 89.9 Å². The number of hydrogen-bond donors (Lipinski definition) is 2. The maximum atomic E-state index is 13.9. The third kappa shape index (κ3) is 4.06. The Kier molecular flexibility index (Phi) is 6.42. The summed E-state index contributed by atoms with van der Waals surface area (Å²) < 4.78 is 13.9. The van der Waals surface area contributed by atoms with E-state index in [0.717, 1.165) is 61.2 Å². The number of aryl methyl sites for hydroxylation is 2. The summed E-state index contributed by atoms with van der Waals surface area (Å²) in [6.07, 6.45) is 12.1. The molecule has 1 aromatic carbocycles. The molecule has 4 nitrogen and oxygen atoms in total. The largest absolute Gasteiger partial charge is 0.393 e. The zero-order valence-corrected chi connectivity index (χ0v) is 23.1. The highest BCUT2D eigenvalue weighted by Gasteiger charge is 2.63. The van der Waals surface area contributed by atoms with E-state index in [9.17, 15) is 14.6 Å². The number of benzene rings is 1. The molecule has 37 heavy (non-hydrogen) atoms. The van der Waals surface area contributed by atoms with Crippen molar-refractivity contribution in [3.05, 3.63) is 35.5 Å². The van der Waals surface area contributed by atoms with Gasteiger partial charge < -0.3 is 10.2 Å². The van der Waals surface area contributed by atoms with Gasteiger partial charge in [-0.2, -0.15) is 0 Å². The molecule has 2 N–H and O–H groups in total. The van der Waals surface area contributed by atoms with Crippen LogP contribution in [0.3, 0.4) is 0 Å². The second-order valence-electron chi connectivity index (χ2n) is 13.8. The Hall–Kier alpha value is -1.59. The highest BCUT2D eigenvalue weighted by Crippen LogP contribution is 2.68. The van der Waals surface area contributed by atoms with Gasteiger partial charge in [0.25, 0.3) is 0 Å². The summed E-state index contributed by atoms with van der Waals surface area (Å²) in [5.74, 6) is 4.17. The Morgan fingerprint density at radius 2 is 1.86 bits per heavy atom. The van der Waals surface area contributed by atoms with Crippen LogP contribution >= 0.6 is 0 Å². The molecule has 0 aliphatic heterocycles. The van der Waals surface area contributed by atoms with Crippen molar-refractivity contribution in [2.75, 3.05) is 0 Å². The zero-order valence-electron chi connectivity index (χ0n) is 23.1. The number of halogens is 1. The first-order valence-corrected chi connectivity index (χ1v) is 14.9. The van der Waals surface area contributed by atoms with Gasteiger partial charge in [0.15, 0.2) is 0 Å². The molecule has 5 heteroatoms. The number of aromatic nitrogens is 2. The first kappa shape index (κ1) is 25.7. The first-order chi connectivity index (χ1) is 17.6. The Labute approximate surface area is 221 Å². The standard InChI is InChI=1S/C32H45FN2O2/c1-18(5-10-30-34-17-20-14-27(33)19(2)13-28(20)35-30)24-8-9-25-23-7-6-21-15-22(36)11-12-31(21,3)26(23)16-29(37)32(24,25)4/h13-14,17-18,21-26,29,36-37H,5-12,15-16H2,1-4H3/t18-,21-,22-,23+,24-,25+,26?,29+,31+,32-/m1/s1. The normalized spacial score (nSPS) is 42.2. The van der Waals surface area contributed by atoms with E-state index in [1.54, 1.807) is 13.1 Å². The van der Waals surface area contributed by atoms with Crippen LogP contribution in [-0.2, 0) is 6.42 Å². The Bertz CT molecular complexity index is 1170. The van der Waals surface area contributed by atoms with Crippen LogP contribution in [0.4, 0.5) is 4.39 Å². The van der Waals surface area contributed by atoms with E-state index in [0.29, 0.717) is 35.2 Å². The lowest BCUT2D eigenvalue weighted by molar-refractivity contribution is -0.174. The summed E-state index contributed by atoms with van der Waals surface area (Å²) in [5, 5.41) is 22.9. The van der Waals surface area contributed by atoms with E-state index >= 15 is 0 Å². The van der Waals surface area contributed by atoms with Gasteiger partial charge in [-0.3, -0.25) is 0 Å². The number of fused-ring (bicyclic) bond motifs is 6. The second-order valence-corrected chi connectivity index (χ2v) is 13.8. The number of aliphatic hydroxyl groups excluding tert-OH is 2. The van der Waals surface area contributed by atoms with E-state index in [-0.39, 0.29) is 28.9 Å². The van der Waals surface area contributed by atoms with Crippen molar-refractivity contribution in [3.8, 4) is 0 Å². The van der Waals surface area contributed by atoms with E-state index in [1.807, 2.05) is 6.07 Å². The Balaban J connectivity index is 1.17. The average molecular weight is 509 g/mol. The van der Waals surface area contributed by atoms with Gasteiger partial charge in [0, 0.05) is 18.0 Å². The lowest BCUT2D eigenvalue weighted by Crippen LogP contribution is -2.58. The highest BCUT2D eigenvalue weighted by atomic mass is 19.1. The molecule has 1 unspecified atom stereocenters. The number of aliphatic hydroxyl groups is 2. The quantitative estimate of drug-likeness (QED) is 0.486. The van der Waals surface area contributed by atoms with Crippen LogP contribution in [-0.4, -0.2) is 32.4 Å². The molecule has 4 saturated carbocycles. The molecule has 0 bridgehead atoms. The average Bonchev–Trinajstić information content (AvgIpc) is 3.23. The maximum absolute atomic E-state index is 13.9. The number of hydrogen-bond acceptors (Lipinski definition) is 4. The SMILES string of the molecule is Cc1cc2nc(CC[C@@H](C)[C@H]3CC[C@H]4[C@@H]5CC[C@@H]6C[C@H](O)CC[C@]6(C)C5C[C@H](O)[C@]34C)ncc2cc1F. The molecule has 1 heterocycles. The van der Waals surface area contributed by atoms with Crippen molar-refractivity contribution < 1.29 is 14.6 Å². The molecule has 4 fully saturated rings. The van der Waals surface area contributed by atoms with Crippen molar-refractivity contribution in [2.45, 2.75) is 104 Å².